The van der Waals surface area contributed by atoms with Crippen LogP contribution < -0.4 is 11.5 Å². The molecule has 120 valence electrons. The minimum atomic E-state index is -3.51. The average Bonchev–Trinajstić information content (AvgIpc) is 2.41. The van der Waals surface area contributed by atoms with Gasteiger partial charge >= 0.3 is 0 Å². The van der Waals surface area contributed by atoms with Crippen molar-refractivity contribution in [2.45, 2.75) is 41.7 Å². The molecule has 0 aromatic heterocycles. The molecule has 0 radical (unpaired) electrons. The molecule has 0 saturated heterocycles. The van der Waals surface area contributed by atoms with Crippen LogP contribution in [-0.2, 0) is 16.3 Å². The van der Waals surface area contributed by atoms with Crippen LogP contribution in [0.5, 0.6) is 0 Å². The van der Waals surface area contributed by atoms with Gasteiger partial charge in [0, 0.05) is 16.2 Å². The van der Waals surface area contributed by atoms with Crippen LogP contribution >= 0.6 is 11.8 Å². The van der Waals surface area contributed by atoms with E-state index in [-0.39, 0.29) is 16.4 Å². The third-order valence-corrected chi connectivity index (χ3v) is 7.95. The Balaban J connectivity index is 2.70. The maximum atomic E-state index is 12.7. The Morgan fingerprint density at radius 1 is 1.36 bits per heavy atom. The second kappa shape index (κ2) is 5.58. The van der Waals surface area contributed by atoms with E-state index in [9.17, 15) is 13.2 Å². The second-order valence-corrected chi connectivity index (χ2v) is 9.27. The summed E-state index contributed by atoms with van der Waals surface area (Å²) in [6, 6.07) is 3.16. The molecule has 6 nitrogen and oxygen atoms in total. The number of rotatable bonds is 2. The van der Waals surface area contributed by atoms with Gasteiger partial charge in [-0.15, -0.1) is 11.8 Å². The van der Waals surface area contributed by atoms with Crippen LogP contribution in [0.4, 0.5) is 0 Å². The molecule has 1 aromatic rings. The van der Waals surface area contributed by atoms with Gasteiger partial charge in [0.2, 0.25) is 0 Å². The smallest absolute Gasteiger partial charge is 0.280 e. The van der Waals surface area contributed by atoms with Gasteiger partial charge in [-0.2, -0.15) is 4.99 Å². The Kier molecular flexibility index (Phi) is 4.27. The van der Waals surface area contributed by atoms with Gasteiger partial charge in [0.05, 0.1) is 9.64 Å². The van der Waals surface area contributed by atoms with E-state index in [2.05, 4.69) is 4.99 Å². The van der Waals surface area contributed by atoms with Gasteiger partial charge in [0.25, 0.3) is 5.91 Å². The van der Waals surface area contributed by atoms with Gasteiger partial charge in [-0.3, -0.25) is 4.79 Å². The number of guanidine groups is 1. The predicted octanol–water partition coefficient (Wildman–Crippen LogP) is 1.32. The molecule has 0 spiro atoms. The monoisotopic (exact) mass is 341 g/mol. The lowest BCUT2D eigenvalue weighted by molar-refractivity contribution is 0.100. The topological polar surface area (TPSA) is 116 Å². The van der Waals surface area contributed by atoms with Gasteiger partial charge in [-0.25, -0.2) is 8.42 Å². The molecule has 0 bridgehead atoms. The number of hydrogen-bond donors (Lipinski definition) is 2. The van der Waals surface area contributed by atoms with E-state index in [0.717, 1.165) is 5.56 Å². The lowest BCUT2D eigenvalue weighted by Gasteiger charge is -2.31. The summed E-state index contributed by atoms with van der Waals surface area (Å²) in [7, 11) is -3.51. The summed E-state index contributed by atoms with van der Waals surface area (Å²) in [4.78, 5) is 16.5. The Morgan fingerprint density at radius 2 is 2.00 bits per heavy atom. The van der Waals surface area contributed by atoms with Gasteiger partial charge in [-0.05, 0) is 38.0 Å². The fraction of sp³-hybridized carbons (Fsp3) is 0.429. The predicted molar refractivity (Wildman–Crippen MR) is 87.9 cm³/mol. The van der Waals surface area contributed by atoms with Crippen molar-refractivity contribution in [2.24, 2.45) is 16.5 Å². The number of hydrogen-bond acceptors (Lipinski definition) is 4. The van der Waals surface area contributed by atoms with Gasteiger partial charge in [0.1, 0.15) is 0 Å². The summed E-state index contributed by atoms with van der Waals surface area (Å²) in [6.45, 7) is 5.26. The van der Waals surface area contributed by atoms with Gasteiger partial charge in [0.15, 0.2) is 15.8 Å². The molecule has 22 heavy (non-hydrogen) atoms. The SMILES string of the molecule is CCc1cc2c(cc1C(=O)N=C(N)N)S(=O)(=O)C(C)(C)CS2. The lowest BCUT2D eigenvalue weighted by Crippen LogP contribution is -2.37. The zero-order valence-corrected chi connectivity index (χ0v) is 14.3. The summed E-state index contributed by atoms with van der Waals surface area (Å²) in [6.07, 6.45) is 0.582. The molecule has 1 heterocycles. The van der Waals surface area contributed by atoms with Crippen molar-refractivity contribution in [3.63, 3.8) is 0 Å². The number of nitrogens with zero attached hydrogens (tertiary/aromatic N) is 1. The van der Waals surface area contributed by atoms with Crippen molar-refractivity contribution < 1.29 is 13.2 Å². The summed E-state index contributed by atoms with van der Waals surface area (Å²) in [5.74, 6) is -0.488. The number of thioether (sulfide) groups is 1. The number of aliphatic imine (C=N–C) groups is 1. The van der Waals surface area contributed by atoms with Crippen LogP contribution in [0.2, 0.25) is 0 Å². The molecule has 0 atom stereocenters. The highest BCUT2D eigenvalue weighted by Crippen LogP contribution is 2.43. The van der Waals surface area contributed by atoms with Gasteiger partial charge < -0.3 is 11.5 Å². The molecular formula is C14H19N3O3S2. The highest BCUT2D eigenvalue weighted by atomic mass is 32.2. The number of aryl methyl sites for hydroxylation is 1. The molecule has 1 amide bonds. The van der Waals surface area contributed by atoms with Crippen LogP contribution in [0, 0.1) is 0 Å². The molecule has 2 rings (SSSR count). The largest absolute Gasteiger partial charge is 0.370 e. The molecular weight excluding hydrogens is 322 g/mol. The molecule has 1 aliphatic heterocycles. The molecule has 0 aliphatic carbocycles. The zero-order valence-electron chi connectivity index (χ0n) is 12.7. The number of sulfone groups is 1. The summed E-state index contributed by atoms with van der Waals surface area (Å²) < 4.78 is 24.5. The van der Waals surface area contributed by atoms with E-state index in [1.54, 1.807) is 19.9 Å². The van der Waals surface area contributed by atoms with E-state index >= 15 is 0 Å². The summed E-state index contributed by atoms with van der Waals surface area (Å²) in [5, 5.41) is 0. The van der Waals surface area contributed by atoms with Crippen molar-refractivity contribution in [3.05, 3.63) is 23.3 Å². The Hall–Kier alpha value is -1.54. The maximum absolute atomic E-state index is 12.7. The zero-order chi connectivity index (χ0) is 16.7. The summed E-state index contributed by atoms with van der Waals surface area (Å²) in [5.41, 5.74) is 11.4. The minimum absolute atomic E-state index is 0.181. The molecule has 0 unspecified atom stereocenters. The Morgan fingerprint density at radius 3 is 2.55 bits per heavy atom. The number of nitrogens with two attached hydrogens (primary N) is 2. The highest BCUT2D eigenvalue weighted by molar-refractivity contribution is 8.03. The first-order valence-corrected chi connectivity index (χ1v) is 9.25. The normalized spacial score (nSPS) is 18.3. The Labute approximate surface area is 134 Å². The number of carbonyl (C=O) groups excluding carboxylic acids is 1. The molecule has 1 aromatic carbocycles. The van der Waals surface area contributed by atoms with Crippen molar-refractivity contribution >= 4 is 33.5 Å². The quantitative estimate of drug-likeness (QED) is 0.619. The highest BCUT2D eigenvalue weighted by Gasteiger charge is 2.41. The first-order valence-electron chi connectivity index (χ1n) is 6.78. The maximum Gasteiger partial charge on any atom is 0.280 e. The minimum Gasteiger partial charge on any atom is -0.370 e. The van der Waals surface area contributed by atoms with Crippen LogP contribution in [-0.4, -0.2) is 30.8 Å². The average molecular weight is 341 g/mol. The number of benzene rings is 1. The van der Waals surface area contributed by atoms with E-state index in [1.165, 1.54) is 17.8 Å². The molecule has 0 saturated carbocycles. The van der Waals surface area contributed by atoms with E-state index < -0.39 is 20.5 Å². The molecule has 4 N–H and O–H groups in total. The van der Waals surface area contributed by atoms with Crippen LogP contribution in [0.3, 0.4) is 0 Å². The van der Waals surface area contributed by atoms with Crippen LogP contribution in [0.15, 0.2) is 26.9 Å². The molecule has 1 aliphatic rings. The standard InChI is InChI=1S/C14H19N3O3S2/c1-4-8-5-10-11(6-9(8)12(18)17-13(15)16)22(19,20)14(2,3)7-21-10/h5-6H,4,7H2,1-3H3,(H4,15,16,17,18). The first kappa shape index (κ1) is 16.8. The fourth-order valence-electron chi connectivity index (χ4n) is 2.22. The van der Waals surface area contributed by atoms with Gasteiger partial charge in [-0.1, -0.05) is 6.92 Å². The molecule has 0 fully saturated rings. The number of fused-ring (bicyclic) bond motifs is 1. The summed E-state index contributed by atoms with van der Waals surface area (Å²) >= 11 is 1.49. The number of carbonyl (C=O) groups is 1. The van der Waals surface area contributed by atoms with Crippen molar-refractivity contribution in [2.75, 3.05) is 5.75 Å². The van der Waals surface area contributed by atoms with E-state index in [4.69, 9.17) is 11.5 Å². The second-order valence-electron chi connectivity index (χ2n) is 5.70. The van der Waals surface area contributed by atoms with Crippen molar-refractivity contribution in [1.29, 1.82) is 0 Å². The van der Waals surface area contributed by atoms with Crippen molar-refractivity contribution in [3.8, 4) is 0 Å². The first-order chi connectivity index (χ1) is 10.1. The van der Waals surface area contributed by atoms with E-state index in [1.807, 2.05) is 6.92 Å². The van der Waals surface area contributed by atoms with Crippen molar-refractivity contribution in [1.82, 2.24) is 0 Å². The van der Waals surface area contributed by atoms with E-state index in [0.29, 0.717) is 17.1 Å². The van der Waals surface area contributed by atoms with Crippen LogP contribution in [0.25, 0.3) is 0 Å². The lowest BCUT2D eigenvalue weighted by atomic mass is 10.0. The van der Waals surface area contributed by atoms with Crippen LogP contribution in [0.1, 0.15) is 36.7 Å². The molecule has 8 heteroatoms. The third kappa shape index (κ3) is 2.72. The number of amides is 1. The third-order valence-electron chi connectivity index (χ3n) is 3.60. The Bertz CT molecular complexity index is 764. The fourth-order valence-corrected chi connectivity index (χ4v) is 5.65.